The number of aliphatic carboxylic acids is 1. The molecular formula is C13H20N2O4S. The summed E-state index contributed by atoms with van der Waals surface area (Å²) < 4.78 is 0. The van der Waals surface area contributed by atoms with Crippen molar-refractivity contribution in [3.05, 3.63) is 0 Å². The highest BCUT2D eigenvalue weighted by molar-refractivity contribution is 8.00. The van der Waals surface area contributed by atoms with Crippen LogP contribution in [0.5, 0.6) is 0 Å². The third kappa shape index (κ3) is 3.26. The summed E-state index contributed by atoms with van der Waals surface area (Å²) in [5, 5.41) is 9.32. The van der Waals surface area contributed by atoms with Crippen LogP contribution in [-0.4, -0.2) is 51.4 Å². The topological polar surface area (TPSA) is 101 Å². The van der Waals surface area contributed by atoms with E-state index in [1.807, 2.05) is 0 Å². The van der Waals surface area contributed by atoms with Crippen molar-refractivity contribution < 1.29 is 19.5 Å². The Bertz CT molecular complexity index is 415. The minimum absolute atomic E-state index is 0.0616. The summed E-state index contributed by atoms with van der Waals surface area (Å²) in [6.45, 7) is 0. The van der Waals surface area contributed by atoms with Gasteiger partial charge in [0.15, 0.2) is 0 Å². The van der Waals surface area contributed by atoms with Gasteiger partial charge in [-0.3, -0.25) is 9.59 Å². The van der Waals surface area contributed by atoms with Crippen molar-refractivity contribution >= 4 is 29.5 Å². The number of carboxylic acid groups (broad SMARTS) is 1. The van der Waals surface area contributed by atoms with E-state index in [1.165, 1.54) is 0 Å². The van der Waals surface area contributed by atoms with Gasteiger partial charge in [0, 0.05) is 6.04 Å². The van der Waals surface area contributed by atoms with E-state index in [-0.39, 0.29) is 23.5 Å². The van der Waals surface area contributed by atoms with Gasteiger partial charge in [0.2, 0.25) is 11.8 Å². The summed E-state index contributed by atoms with van der Waals surface area (Å²) in [5.74, 6) is -1.04. The highest BCUT2D eigenvalue weighted by Crippen LogP contribution is 2.40. The van der Waals surface area contributed by atoms with Crippen molar-refractivity contribution in [2.24, 2.45) is 11.7 Å². The second-order valence-corrected chi connectivity index (χ2v) is 6.45. The van der Waals surface area contributed by atoms with Crippen molar-refractivity contribution in [1.29, 1.82) is 0 Å². The van der Waals surface area contributed by atoms with Crippen LogP contribution in [0.2, 0.25) is 0 Å². The lowest BCUT2D eigenvalue weighted by atomic mass is 9.85. The molecule has 1 saturated heterocycles. The lowest BCUT2D eigenvalue weighted by molar-refractivity contribution is -0.148. The fourth-order valence-electron chi connectivity index (χ4n) is 3.35. The van der Waals surface area contributed by atoms with E-state index in [0.717, 1.165) is 37.4 Å². The minimum Gasteiger partial charge on any atom is -0.480 e. The number of thioether (sulfide) groups is 1. The minimum atomic E-state index is -0.923. The Balaban J connectivity index is 2.02. The number of likely N-dealkylation sites (tertiary alicyclic amines) is 1. The summed E-state index contributed by atoms with van der Waals surface area (Å²) in [5.41, 5.74) is 5.04. The van der Waals surface area contributed by atoms with Crippen LogP contribution in [-0.2, 0) is 14.4 Å². The number of primary amides is 1. The third-order valence-electron chi connectivity index (χ3n) is 4.13. The summed E-state index contributed by atoms with van der Waals surface area (Å²) in [6.07, 6.45) is 4.62. The van der Waals surface area contributed by atoms with Gasteiger partial charge in [0.25, 0.3) is 0 Å². The largest absolute Gasteiger partial charge is 0.480 e. The number of carbonyl (C=O) groups excluding carboxylic acids is 2. The van der Waals surface area contributed by atoms with Gasteiger partial charge in [0.1, 0.15) is 6.04 Å². The molecule has 0 spiro atoms. The molecule has 3 N–H and O–H groups in total. The summed E-state index contributed by atoms with van der Waals surface area (Å²) >= 11 is 1.15. The molecule has 0 aromatic rings. The zero-order chi connectivity index (χ0) is 14.7. The molecule has 0 aromatic heterocycles. The Morgan fingerprint density at radius 2 is 1.90 bits per heavy atom. The predicted molar refractivity (Wildman–Crippen MR) is 75.2 cm³/mol. The van der Waals surface area contributed by atoms with Crippen LogP contribution >= 0.6 is 11.8 Å². The average Bonchev–Trinajstić information content (AvgIpc) is 2.77. The lowest BCUT2D eigenvalue weighted by Crippen LogP contribution is -2.47. The normalized spacial score (nSPS) is 29.0. The number of fused-ring (bicyclic) bond motifs is 1. The molecular weight excluding hydrogens is 280 g/mol. The van der Waals surface area contributed by atoms with Crippen molar-refractivity contribution in [2.75, 3.05) is 11.5 Å². The molecule has 1 aliphatic heterocycles. The number of carboxylic acids is 1. The molecule has 1 aliphatic carbocycles. The lowest BCUT2D eigenvalue weighted by Gasteiger charge is -2.33. The smallest absolute Gasteiger partial charge is 0.326 e. The van der Waals surface area contributed by atoms with E-state index < -0.39 is 17.9 Å². The first-order valence-electron chi connectivity index (χ1n) is 6.90. The molecule has 0 aromatic carbocycles. The van der Waals surface area contributed by atoms with Crippen molar-refractivity contribution in [3.63, 3.8) is 0 Å². The van der Waals surface area contributed by atoms with Gasteiger partial charge in [-0.25, -0.2) is 4.79 Å². The molecule has 0 bridgehead atoms. The highest BCUT2D eigenvalue weighted by Gasteiger charge is 2.47. The molecule has 2 fully saturated rings. The number of nitrogens with zero attached hydrogens (tertiary/aromatic N) is 1. The molecule has 3 atom stereocenters. The van der Waals surface area contributed by atoms with Crippen molar-refractivity contribution in [3.8, 4) is 0 Å². The fraction of sp³-hybridized carbons (Fsp3) is 0.769. The number of amides is 2. The van der Waals surface area contributed by atoms with E-state index in [9.17, 15) is 19.5 Å². The van der Waals surface area contributed by atoms with E-state index in [1.54, 1.807) is 4.90 Å². The number of carbonyl (C=O) groups is 3. The van der Waals surface area contributed by atoms with Gasteiger partial charge in [-0.05, 0) is 25.2 Å². The molecule has 3 unspecified atom stereocenters. The molecule has 2 amide bonds. The first-order valence-corrected chi connectivity index (χ1v) is 8.06. The molecule has 1 saturated carbocycles. The van der Waals surface area contributed by atoms with E-state index in [4.69, 9.17) is 5.73 Å². The highest BCUT2D eigenvalue weighted by atomic mass is 32.2. The quantitative estimate of drug-likeness (QED) is 0.767. The van der Waals surface area contributed by atoms with Gasteiger partial charge >= 0.3 is 5.97 Å². The number of hydrogen-bond acceptors (Lipinski definition) is 4. The van der Waals surface area contributed by atoms with Crippen LogP contribution in [0, 0.1) is 5.92 Å². The maximum absolute atomic E-state index is 12.3. The van der Waals surface area contributed by atoms with Crippen molar-refractivity contribution in [2.45, 2.75) is 44.2 Å². The fourth-order valence-corrected chi connectivity index (χ4v) is 3.98. The molecule has 2 aliphatic rings. The Labute approximate surface area is 122 Å². The molecule has 112 valence electrons. The SMILES string of the molecule is NC(=O)CSCC(=O)N1C(C(=O)O)CC2CCCCC21. The molecule has 20 heavy (non-hydrogen) atoms. The molecule has 2 rings (SSSR count). The summed E-state index contributed by atoms with van der Waals surface area (Å²) in [6, 6.07) is -0.642. The summed E-state index contributed by atoms with van der Waals surface area (Å²) in [4.78, 5) is 35.9. The van der Waals surface area contributed by atoms with Crippen LogP contribution in [0.25, 0.3) is 0 Å². The number of rotatable bonds is 5. The Morgan fingerprint density at radius 3 is 2.55 bits per heavy atom. The van der Waals surface area contributed by atoms with Gasteiger partial charge in [-0.1, -0.05) is 12.8 Å². The van der Waals surface area contributed by atoms with Crippen LogP contribution in [0.15, 0.2) is 0 Å². The Hall–Kier alpha value is -1.24. The molecule has 0 radical (unpaired) electrons. The number of hydrogen-bond donors (Lipinski definition) is 2. The van der Waals surface area contributed by atoms with Gasteiger partial charge in [-0.2, -0.15) is 0 Å². The zero-order valence-electron chi connectivity index (χ0n) is 11.3. The second kappa shape index (κ2) is 6.47. The first kappa shape index (κ1) is 15.2. The van der Waals surface area contributed by atoms with Crippen LogP contribution in [0.3, 0.4) is 0 Å². The van der Waals surface area contributed by atoms with Crippen LogP contribution in [0.1, 0.15) is 32.1 Å². The Morgan fingerprint density at radius 1 is 1.20 bits per heavy atom. The van der Waals surface area contributed by atoms with Crippen LogP contribution in [0.4, 0.5) is 0 Å². The predicted octanol–water partition coefficient (Wildman–Crippen LogP) is 0.449. The van der Waals surface area contributed by atoms with E-state index in [0.29, 0.717) is 12.3 Å². The average molecular weight is 300 g/mol. The zero-order valence-corrected chi connectivity index (χ0v) is 12.1. The molecule has 1 heterocycles. The van der Waals surface area contributed by atoms with E-state index in [2.05, 4.69) is 0 Å². The standard InChI is InChI=1S/C13H20N2O4S/c14-11(16)6-20-7-12(17)15-9-4-2-1-3-8(9)5-10(15)13(18)19/h8-10H,1-7H2,(H2,14,16)(H,18,19). The second-order valence-electron chi connectivity index (χ2n) is 5.46. The number of nitrogens with two attached hydrogens (primary N) is 1. The Kier molecular flexibility index (Phi) is 4.91. The third-order valence-corrected chi connectivity index (χ3v) is 5.07. The monoisotopic (exact) mass is 300 g/mol. The molecule has 6 nitrogen and oxygen atoms in total. The molecule has 7 heteroatoms. The van der Waals surface area contributed by atoms with Crippen LogP contribution < -0.4 is 5.73 Å². The van der Waals surface area contributed by atoms with E-state index >= 15 is 0 Å². The van der Waals surface area contributed by atoms with Gasteiger partial charge in [-0.15, -0.1) is 11.8 Å². The maximum atomic E-state index is 12.3. The first-order chi connectivity index (χ1) is 9.50. The van der Waals surface area contributed by atoms with Crippen molar-refractivity contribution in [1.82, 2.24) is 4.90 Å². The summed E-state index contributed by atoms with van der Waals surface area (Å²) in [7, 11) is 0. The van der Waals surface area contributed by atoms with Gasteiger partial charge < -0.3 is 15.7 Å². The maximum Gasteiger partial charge on any atom is 0.326 e. The van der Waals surface area contributed by atoms with Gasteiger partial charge in [0.05, 0.1) is 11.5 Å².